The molecule has 0 atom stereocenters. The molecule has 0 bridgehead atoms. The number of aromatic nitrogens is 2. The first kappa shape index (κ1) is 31.6. The molecule has 236 valence electrons. The third-order valence-corrected chi connectivity index (χ3v) is 7.71. The van der Waals surface area contributed by atoms with Crippen molar-refractivity contribution in [2.45, 2.75) is 32.9 Å². The molecule has 14 heteroatoms. The summed E-state index contributed by atoms with van der Waals surface area (Å²) in [5.74, 6) is -0.327. The van der Waals surface area contributed by atoms with Gasteiger partial charge in [-0.3, -0.25) is 9.97 Å². The number of rotatable bonds is 9. The Balaban J connectivity index is 1.29. The van der Waals surface area contributed by atoms with Crippen molar-refractivity contribution in [3.8, 4) is 22.1 Å². The molecule has 0 spiro atoms. The highest BCUT2D eigenvalue weighted by Crippen LogP contribution is 2.39. The van der Waals surface area contributed by atoms with Gasteiger partial charge in [0.1, 0.15) is 11.4 Å². The summed E-state index contributed by atoms with van der Waals surface area (Å²) in [5, 5.41) is 5.06. The van der Waals surface area contributed by atoms with Gasteiger partial charge in [-0.05, 0) is 50.6 Å². The van der Waals surface area contributed by atoms with E-state index in [-0.39, 0.29) is 18.0 Å². The average molecular weight is 637 g/mol. The van der Waals surface area contributed by atoms with E-state index in [4.69, 9.17) is 14.2 Å². The number of anilines is 1. The van der Waals surface area contributed by atoms with Crippen LogP contribution in [-0.2, 0) is 16.0 Å². The second-order valence-corrected chi connectivity index (χ2v) is 12.2. The lowest BCUT2D eigenvalue weighted by Gasteiger charge is -2.27. The lowest BCUT2D eigenvalue weighted by molar-refractivity contribution is 0.0183. The number of pyridine rings is 2. The molecule has 1 fully saturated rings. The highest BCUT2D eigenvalue weighted by Gasteiger charge is 2.26. The van der Waals surface area contributed by atoms with Crippen LogP contribution < -0.4 is 15.4 Å². The van der Waals surface area contributed by atoms with E-state index in [1.165, 1.54) is 23.5 Å². The van der Waals surface area contributed by atoms with Crippen molar-refractivity contribution in [3.63, 3.8) is 0 Å². The van der Waals surface area contributed by atoms with Crippen molar-refractivity contribution < 1.29 is 33.0 Å². The predicted molar refractivity (Wildman–Crippen MR) is 167 cm³/mol. The van der Waals surface area contributed by atoms with Crippen LogP contribution in [0.4, 0.5) is 24.5 Å². The summed E-state index contributed by atoms with van der Waals surface area (Å²) in [6, 6.07) is 10.2. The molecular formula is C31H33FN6O6S. The van der Waals surface area contributed by atoms with Gasteiger partial charge < -0.3 is 29.7 Å². The van der Waals surface area contributed by atoms with E-state index in [2.05, 4.69) is 20.6 Å². The largest absolute Gasteiger partial charge is 0.453 e. The van der Waals surface area contributed by atoms with E-state index in [9.17, 15) is 14.4 Å². The van der Waals surface area contributed by atoms with Crippen LogP contribution in [0, 0.1) is 5.82 Å². The average Bonchev–Trinajstić information content (AvgIpc) is 3.63. The van der Waals surface area contributed by atoms with Crippen molar-refractivity contribution in [1.29, 1.82) is 0 Å². The Kier molecular flexibility index (Phi) is 9.44. The monoisotopic (exact) mass is 636 g/mol. The Bertz CT molecular complexity index is 1710. The third kappa shape index (κ3) is 7.83. The number of hydrogen-bond donors (Lipinski definition) is 2. The Morgan fingerprint density at radius 2 is 1.96 bits per heavy atom. The molecule has 1 aliphatic rings. The first-order valence-corrected chi connectivity index (χ1v) is 15.0. The van der Waals surface area contributed by atoms with E-state index >= 15 is 4.39 Å². The zero-order chi connectivity index (χ0) is 32.1. The lowest BCUT2D eigenvalue weighted by atomic mass is 10.2. The number of nitrogens with zero attached hydrogens (tertiary/aromatic N) is 4. The lowest BCUT2D eigenvalue weighted by Crippen LogP contribution is -2.38. The smallest absolute Gasteiger partial charge is 0.410 e. The fraction of sp³-hybridized carbons (Fsp3) is 0.323. The number of ether oxygens (including phenoxy) is 3. The zero-order valence-corrected chi connectivity index (χ0v) is 26.1. The van der Waals surface area contributed by atoms with Gasteiger partial charge in [0.05, 0.1) is 33.9 Å². The number of nitrogens with one attached hydrogen (secondary N) is 2. The number of methoxy groups -OCH3 is 1. The summed E-state index contributed by atoms with van der Waals surface area (Å²) in [4.78, 5) is 49.2. The number of urea groups is 2. The van der Waals surface area contributed by atoms with Crippen molar-refractivity contribution in [2.24, 2.45) is 0 Å². The maximum absolute atomic E-state index is 15.0. The number of imide groups is 1. The zero-order valence-electron chi connectivity index (χ0n) is 25.3. The molecule has 2 N–H and O–H groups in total. The second-order valence-electron chi connectivity index (χ2n) is 11.1. The minimum Gasteiger partial charge on any atom is -0.453 e. The molecule has 4 aromatic rings. The standard InChI is InChI=1S/C31H33FN6O6S/c1-31(2,3)44-30(41)37(13-14-42-4)18-19-5-7-22(35-17-19)26-16-23-27(45-26)25(9-10-33-23)43-24-8-6-20(15-21(24)32)36-29(40)38-12-11-34-28(38)39/h5-10,15-17H,11-14,18H2,1-4H3,(H,34,39)(H,36,40). The highest BCUT2D eigenvalue weighted by atomic mass is 32.1. The molecule has 5 rings (SSSR count). The minimum absolute atomic E-state index is 0.0418. The Hall–Kier alpha value is -4.82. The summed E-state index contributed by atoms with van der Waals surface area (Å²) in [7, 11) is 1.58. The number of benzene rings is 1. The molecule has 0 saturated carbocycles. The molecule has 45 heavy (non-hydrogen) atoms. The SMILES string of the molecule is COCCN(Cc1ccc(-c2cc3nccc(Oc4ccc(NC(=O)N5CCNC5=O)cc4F)c3s2)nc1)C(=O)OC(C)(C)C. The first-order valence-electron chi connectivity index (χ1n) is 14.1. The summed E-state index contributed by atoms with van der Waals surface area (Å²) < 4.78 is 32.3. The van der Waals surface area contributed by atoms with E-state index < -0.39 is 29.6 Å². The van der Waals surface area contributed by atoms with Gasteiger partial charge in [-0.2, -0.15) is 0 Å². The Morgan fingerprint density at radius 1 is 1.13 bits per heavy atom. The number of amides is 5. The maximum Gasteiger partial charge on any atom is 0.410 e. The molecule has 1 aliphatic heterocycles. The summed E-state index contributed by atoms with van der Waals surface area (Å²) in [5.41, 5.74) is 1.74. The number of thiophene rings is 1. The van der Waals surface area contributed by atoms with Gasteiger partial charge in [0.25, 0.3) is 0 Å². The highest BCUT2D eigenvalue weighted by molar-refractivity contribution is 7.22. The topological polar surface area (TPSA) is 135 Å². The van der Waals surface area contributed by atoms with Crippen LogP contribution in [0.3, 0.4) is 0 Å². The van der Waals surface area contributed by atoms with E-state index in [1.807, 2.05) is 39.0 Å². The summed E-state index contributed by atoms with van der Waals surface area (Å²) in [6.07, 6.45) is 2.85. The van der Waals surface area contributed by atoms with E-state index in [1.54, 1.807) is 30.5 Å². The van der Waals surface area contributed by atoms with Crippen molar-refractivity contribution in [1.82, 2.24) is 25.1 Å². The van der Waals surface area contributed by atoms with Gasteiger partial charge in [-0.15, -0.1) is 11.3 Å². The fourth-order valence-electron chi connectivity index (χ4n) is 4.40. The van der Waals surface area contributed by atoms with Crippen LogP contribution in [0.5, 0.6) is 11.5 Å². The Labute approximate surface area is 263 Å². The molecule has 4 heterocycles. The number of carbonyl (C=O) groups is 3. The van der Waals surface area contributed by atoms with Gasteiger partial charge in [0, 0.05) is 57.0 Å². The van der Waals surface area contributed by atoms with E-state index in [0.29, 0.717) is 47.9 Å². The molecule has 0 aliphatic carbocycles. The van der Waals surface area contributed by atoms with Crippen molar-refractivity contribution in [3.05, 3.63) is 66.2 Å². The molecule has 0 unspecified atom stereocenters. The third-order valence-electron chi connectivity index (χ3n) is 6.55. The molecule has 5 amide bonds. The van der Waals surface area contributed by atoms with Gasteiger partial charge >= 0.3 is 18.2 Å². The molecule has 1 aromatic carbocycles. The van der Waals surface area contributed by atoms with E-state index in [0.717, 1.165) is 21.4 Å². The van der Waals surface area contributed by atoms with Crippen molar-refractivity contribution in [2.75, 3.05) is 38.7 Å². The predicted octanol–water partition coefficient (Wildman–Crippen LogP) is 6.23. The fourth-order valence-corrected chi connectivity index (χ4v) is 5.45. The summed E-state index contributed by atoms with van der Waals surface area (Å²) >= 11 is 1.40. The Morgan fingerprint density at radius 3 is 2.62 bits per heavy atom. The molecule has 12 nitrogen and oxygen atoms in total. The van der Waals surface area contributed by atoms with Crippen LogP contribution in [0.25, 0.3) is 20.8 Å². The van der Waals surface area contributed by atoms with Crippen molar-refractivity contribution >= 4 is 45.4 Å². The van der Waals surface area contributed by atoms with Gasteiger partial charge in [0.2, 0.25) is 0 Å². The summed E-state index contributed by atoms with van der Waals surface area (Å²) in [6.45, 7) is 7.09. The van der Waals surface area contributed by atoms with Crippen LogP contribution >= 0.6 is 11.3 Å². The number of fused-ring (bicyclic) bond motifs is 1. The number of carbonyl (C=O) groups excluding carboxylic acids is 3. The van der Waals surface area contributed by atoms with Crippen LogP contribution in [0.15, 0.2) is 54.9 Å². The molecule has 0 radical (unpaired) electrons. The molecule has 1 saturated heterocycles. The van der Waals surface area contributed by atoms with Gasteiger partial charge in [-0.1, -0.05) is 6.07 Å². The quantitative estimate of drug-likeness (QED) is 0.221. The molecule has 3 aromatic heterocycles. The minimum atomic E-state index is -0.691. The van der Waals surface area contributed by atoms with Crippen LogP contribution in [-0.4, -0.2) is 76.9 Å². The molecular weight excluding hydrogens is 603 g/mol. The first-order chi connectivity index (χ1) is 21.5. The second kappa shape index (κ2) is 13.4. The number of halogens is 1. The maximum atomic E-state index is 15.0. The van der Waals surface area contributed by atoms with Gasteiger partial charge in [0.15, 0.2) is 11.6 Å². The van der Waals surface area contributed by atoms with Gasteiger partial charge in [-0.25, -0.2) is 23.7 Å². The normalized spacial score (nSPS) is 13.1. The van der Waals surface area contributed by atoms with Crippen LogP contribution in [0.1, 0.15) is 26.3 Å². The van der Waals surface area contributed by atoms with Crippen LogP contribution in [0.2, 0.25) is 0 Å². The number of hydrogen-bond acceptors (Lipinski definition) is 9.